The van der Waals surface area contributed by atoms with Crippen LogP contribution >= 0.6 is 15.9 Å². The van der Waals surface area contributed by atoms with Gasteiger partial charge in [-0.1, -0.05) is 31.2 Å². The van der Waals surface area contributed by atoms with E-state index in [9.17, 15) is 21.6 Å². The summed E-state index contributed by atoms with van der Waals surface area (Å²) < 4.78 is 69.4. The Balaban J connectivity index is 1.90. The molecule has 0 aliphatic rings. The lowest BCUT2D eigenvalue weighted by Gasteiger charge is -2.07. The predicted octanol–water partition coefficient (Wildman–Crippen LogP) is 5.01. The van der Waals surface area contributed by atoms with Crippen molar-refractivity contribution in [3.05, 3.63) is 52.8 Å². The molecule has 0 N–H and O–H groups in total. The average Bonchev–Trinajstić information content (AvgIpc) is 3.31. The smallest absolute Gasteiger partial charge is 0.310 e. The molecular formula is C21H15BrF3N5O2S. The van der Waals surface area contributed by atoms with E-state index in [1.807, 2.05) is 24.3 Å². The molecule has 0 saturated heterocycles. The lowest BCUT2D eigenvalue weighted by Crippen LogP contribution is -2.10. The fraction of sp³-hybridized carbons (Fsp3) is 0.190. The molecule has 0 bridgehead atoms. The van der Waals surface area contributed by atoms with Crippen LogP contribution in [0.2, 0.25) is 0 Å². The first-order valence-electron chi connectivity index (χ1n) is 9.75. The molecular weight excluding hydrogens is 523 g/mol. The van der Waals surface area contributed by atoms with Gasteiger partial charge in [-0.25, -0.2) is 23.4 Å². The van der Waals surface area contributed by atoms with Crippen LogP contribution in [0.15, 0.2) is 52.2 Å². The highest BCUT2D eigenvalue weighted by atomic mass is 79.9. The van der Waals surface area contributed by atoms with Gasteiger partial charge in [-0.15, -0.1) is 0 Å². The van der Waals surface area contributed by atoms with E-state index >= 15 is 0 Å². The van der Waals surface area contributed by atoms with Gasteiger partial charge in [0.25, 0.3) is 0 Å². The van der Waals surface area contributed by atoms with Gasteiger partial charge >= 0.3 is 6.18 Å². The van der Waals surface area contributed by atoms with Crippen molar-refractivity contribution in [3.8, 4) is 11.5 Å². The van der Waals surface area contributed by atoms with Crippen LogP contribution in [-0.2, 0) is 23.1 Å². The molecule has 4 aromatic heterocycles. The van der Waals surface area contributed by atoms with Crippen molar-refractivity contribution in [3.63, 3.8) is 0 Å². The second-order valence-electron chi connectivity index (χ2n) is 7.44. The van der Waals surface area contributed by atoms with E-state index in [0.717, 1.165) is 17.6 Å². The van der Waals surface area contributed by atoms with Crippen LogP contribution in [0.1, 0.15) is 12.5 Å². The number of alkyl halides is 3. The molecule has 0 atom stereocenters. The molecule has 0 aliphatic heterocycles. The van der Waals surface area contributed by atoms with E-state index in [2.05, 4.69) is 30.9 Å². The Morgan fingerprint density at radius 3 is 2.45 bits per heavy atom. The molecule has 33 heavy (non-hydrogen) atoms. The predicted molar refractivity (Wildman–Crippen MR) is 121 cm³/mol. The topological polar surface area (TPSA) is 82.1 Å². The highest BCUT2D eigenvalue weighted by Crippen LogP contribution is 2.36. The second kappa shape index (κ2) is 7.26. The zero-order valence-electron chi connectivity index (χ0n) is 17.2. The van der Waals surface area contributed by atoms with Crippen molar-refractivity contribution >= 4 is 53.4 Å². The molecule has 7 nitrogen and oxygen atoms in total. The first kappa shape index (κ1) is 21.8. The summed E-state index contributed by atoms with van der Waals surface area (Å²) in [6.45, 7) is 1.51. The number of halogens is 4. The Hall–Kier alpha value is -2.99. The van der Waals surface area contributed by atoms with Crippen molar-refractivity contribution in [2.24, 2.45) is 7.05 Å². The average molecular weight is 538 g/mol. The van der Waals surface area contributed by atoms with E-state index in [1.165, 1.54) is 15.9 Å². The minimum absolute atomic E-state index is 0.00901. The van der Waals surface area contributed by atoms with Gasteiger partial charge in [-0.05, 0) is 22.0 Å². The minimum Gasteiger partial charge on any atom is -0.310 e. The Kier molecular flexibility index (Phi) is 4.80. The standard InChI is InChI=1S/C21H15BrF3N5O2S/c1-3-33(31,32)20-16(28-17-13-7-5-4-6-12(13)14(22)10-30(17)20)19-27-15-8-11(21(23,24)25)9-26-18(15)29(19)2/h4-10H,3H2,1-2H3. The molecule has 5 aromatic rings. The lowest BCUT2D eigenvalue weighted by molar-refractivity contribution is -0.137. The van der Waals surface area contributed by atoms with Crippen molar-refractivity contribution < 1.29 is 21.6 Å². The van der Waals surface area contributed by atoms with Crippen molar-refractivity contribution in [2.45, 2.75) is 18.1 Å². The molecule has 0 amide bonds. The third kappa shape index (κ3) is 3.31. The number of benzene rings is 1. The van der Waals surface area contributed by atoms with Crippen molar-refractivity contribution in [2.75, 3.05) is 5.75 Å². The van der Waals surface area contributed by atoms with Gasteiger partial charge in [-0.3, -0.25) is 4.40 Å². The number of fused-ring (bicyclic) bond motifs is 4. The van der Waals surface area contributed by atoms with E-state index in [1.54, 1.807) is 13.2 Å². The maximum Gasteiger partial charge on any atom is 0.417 e. The number of rotatable bonds is 3. The first-order valence-corrected chi connectivity index (χ1v) is 12.2. The Morgan fingerprint density at radius 2 is 1.79 bits per heavy atom. The molecule has 0 saturated carbocycles. The summed E-state index contributed by atoms with van der Waals surface area (Å²) in [5, 5.41) is 1.46. The SMILES string of the molecule is CCS(=O)(=O)c1c(-c2nc3cc(C(F)(F)F)cnc3n2C)nc2c3ccccc3c(Br)cn12. The normalized spacial score (nSPS) is 12.9. The van der Waals surface area contributed by atoms with Crippen LogP contribution in [-0.4, -0.2) is 38.1 Å². The molecule has 0 radical (unpaired) electrons. The Morgan fingerprint density at radius 1 is 1.09 bits per heavy atom. The zero-order chi connectivity index (χ0) is 23.7. The number of imidazole rings is 2. The van der Waals surface area contributed by atoms with Crippen LogP contribution in [0.4, 0.5) is 13.2 Å². The lowest BCUT2D eigenvalue weighted by atomic mass is 10.2. The molecule has 0 unspecified atom stereocenters. The third-order valence-electron chi connectivity index (χ3n) is 5.46. The number of hydrogen-bond acceptors (Lipinski definition) is 5. The van der Waals surface area contributed by atoms with Crippen LogP contribution < -0.4 is 0 Å². The maximum absolute atomic E-state index is 13.2. The van der Waals surface area contributed by atoms with Gasteiger partial charge in [-0.2, -0.15) is 13.2 Å². The van der Waals surface area contributed by atoms with Crippen LogP contribution in [0.25, 0.3) is 39.1 Å². The largest absolute Gasteiger partial charge is 0.417 e. The molecule has 0 fully saturated rings. The number of nitrogens with zero attached hydrogens (tertiary/aromatic N) is 5. The monoisotopic (exact) mass is 537 g/mol. The first-order chi connectivity index (χ1) is 15.5. The van der Waals surface area contributed by atoms with Gasteiger partial charge in [0.05, 0.1) is 11.3 Å². The fourth-order valence-corrected chi connectivity index (χ4v) is 5.51. The van der Waals surface area contributed by atoms with Gasteiger partial charge in [0, 0.05) is 34.7 Å². The van der Waals surface area contributed by atoms with E-state index in [-0.39, 0.29) is 33.5 Å². The number of aryl methyl sites for hydroxylation is 1. The third-order valence-corrected chi connectivity index (χ3v) is 7.83. The van der Waals surface area contributed by atoms with E-state index in [0.29, 0.717) is 15.5 Å². The summed E-state index contributed by atoms with van der Waals surface area (Å²) in [6.07, 6.45) is -2.23. The summed E-state index contributed by atoms with van der Waals surface area (Å²) in [6, 6.07) is 8.25. The van der Waals surface area contributed by atoms with E-state index in [4.69, 9.17) is 0 Å². The molecule has 1 aromatic carbocycles. The number of pyridine rings is 2. The van der Waals surface area contributed by atoms with Crippen molar-refractivity contribution in [1.29, 1.82) is 0 Å². The molecule has 0 aliphatic carbocycles. The van der Waals surface area contributed by atoms with Crippen LogP contribution in [0.5, 0.6) is 0 Å². The quantitative estimate of drug-likeness (QED) is 0.323. The molecule has 4 heterocycles. The molecule has 0 spiro atoms. The minimum atomic E-state index is -4.58. The van der Waals surface area contributed by atoms with Crippen LogP contribution in [0.3, 0.4) is 0 Å². The maximum atomic E-state index is 13.2. The molecule has 170 valence electrons. The summed E-state index contributed by atoms with van der Waals surface area (Å²) in [7, 11) is -2.24. The van der Waals surface area contributed by atoms with Gasteiger partial charge in [0.15, 0.2) is 26.3 Å². The van der Waals surface area contributed by atoms with Gasteiger partial charge in [0.2, 0.25) is 0 Å². The highest BCUT2D eigenvalue weighted by Gasteiger charge is 2.33. The van der Waals surface area contributed by atoms with E-state index < -0.39 is 21.6 Å². The number of aromatic nitrogens is 5. The summed E-state index contributed by atoms with van der Waals surface area (Å²) in [5.41, 5.74) is -0.321. The summed E-state index contributed by atoms with van der Waals surface area (Å²) >= 11 is 3.49. The zero-order valence-corrected chi connectivity index (χ0v) is 19.6. The highest BCUT2D eigenvalue weighted by molar-refractivity contribution is 9.10. The summed E-state index contributed by atoms with van der Waals surface area (Å²) in [4.78, 5) is 12.8. The molecule has 5 rings (SSSR count). The van der Waals surface area contributed by atoms with Gasteiger partial charge in [0.1, 0.15) is 16.9 Å². The molecule has 12 heteroatoms. The van der Waals surface area contributed by atoms with Crippen molar-refractivity contribution in [1.82, 2.24) is 23.9 Å². The van der Waals surface area contributed by atoms with Gasteiger partial charge < -0.3 is 4.57 Å². The number of sulfone groups is 1. The van der Waals surface area contributed by atoms with Crippen LogP contribution in [0, 0.1) is 0 Å². The number of hydrogen-bond donors (Lipinski definition) is 0. The Labute approximate surface area is 193 Å². The summed E-state index contributed by atoms with van der Waals surface area (Å²) in [5.74, 6) is -0.0914. The second-order valence-corrected chi connectivity index (χ2v) is 10.5. The fourth-order valence-electron chi connectivity index (χ4n) is 3.82. The Bertz CT molecular complexity index is 1690.